The molecule has 112 valence electrons. The summed E-state index contributed by atoms with van der Waals surface area (Å²) in [6, 6.07) is 11.5. The molecular weight excluding hydrogens is 274 g/mol. The van der Waals surface area contributed by atoms with Gasteiger partial charge >= 0.3 is 0 Å². The molecule has 0 fully saturated rings. The van der Waals surface area contributed by atoms with Crippen LogP contribution in [0, 0.1) is 6.92 Å². The van der Waals surface area contributed by atoms with Crippen molar-refractivity contribution in [3.8, 4) is 0 Å². The minimum Gasteiger partial charge on any atom is -0.321 e. The number of nitrogens with one attached hydrogen (secondary N) is 1. The summed E-state index contributed by atoms with van der Waals surface area (Å²) in [6.07, 6.45) is 3.80. The standard InChI is InChI=1S/C18H19N3O/c1-12(2)14-4-6-15(7-5-14)18(22)20-16-8-9-17-19-13(3)10-21(17)11-16/h4-12H,1-3H3,(H,20,22). The van der Waals surface area contributed by atoms with Crippen LogP contribution in [0.3, 0.4) is 0 Å². The molecule has 1 aromatic carbocycles. The Morgan fingerprint density at radius 2 is 1.82 bits per heavy atom. The van der Waals surface area contributed by atoms with Gasteiger partial charge in [0.2, 0.25) is 0 Å². The second-order valence-corrected chi connectivity index (χ2v) is 5.80. The Labute approximate surface area is 129 Å². The summed E-state index contributed by atoms with van der Waals surface area (Å²) in [6.45, 7) is 6.22. The number of aromatic nitrogens is 2. The monoisotopic (exact) mass is 293 g/mol. The average molecular weight is 293 g/mol. The number of pyridine rings is 1. The molecular formula is C18H19N3O. The summed E-state index contributed by atoms with van der Waals surface area (Å²) >= 11 is 0. The van der Waals surface area contributed by atoms with Gasteiger partial charge in [-0.05, 0) is 42.7 Å². The number of carbonyl (C=O) groups excluding carboxylic acids is 1. The number of amides is 1. The molecule has 0 bridgehead atoms. The molecule has 4 nitrogen and oxygen atoms in total. The van der Waals surface area contributed by atoms with Gasteiger partial charge in [-0.2, -0.15) is 0 Å². The number of hydrogen-bond donors (Lipinski definition) is 1. The molecule has 3 aromatic rings. The van der Waals surface area contributed by atoms with Gasteiger partial charge in [-0.15, -0.1) is 0 Å². The predicted molar refractivity (Wildman–Crippen MR) is 88.4 cm³/mol. The highest BCUT2D eigenvalue weighted by molar-refractivity contribution is 6.04. The van der Waals surface area contributed by atoms with Crippen molar-refractivity contribution in [1.82, 2.24) is 9.38 Å². The lowest BCUT2D eigenvalue weighted by atomic mass is 10.0. The zero-order valence-electron chi connectivity index (χ0n) is 13.0. The van der Waals surface area contributed by atoms with Crippen molar-refractivity contribution in [1.29, 1.82) is 0 Å². The maximum atomic E-state index is 12.3. The Morgan fingerprint density at radius 3 is 2.50 bits per heavy atom. The molecule has 0 radical (unpaired) electrons. The molecule has 0 aliphatic rings. The zero-order chi connectivity index (χ0) is 15.7. The van der Waals surface area contributed by atoms with Gasteiger partial charge in [0.25, 0.3) is 5.91 Å². The van der Waals surface area contributed by atoms with E-state index in [0.717, 1.165) is 17.0 Å². The fourth-order valence-corrected chi connectivity index (χ4v) is 2.42. The lowest BCUT2D eigenvalue weighted by Crippen LogP contribution is -2.12. The van der Waals surface area contributed by atoms with Crippen LogP contribution in [0.15, 0.2) is 48.8 Å². The van der Waals surface area contributed by atoms with Crippen LogP contribution in [0.5, 0.6) is 0 Å². The third-order valence-electron chi connectivity index (χ3n) is 3.67. The van der Waals surface area contributed by atoms with Crippen LogP contribution in [-0.4, -0.2) is 15.3 Å². The number of anilines is 1. The van der Waals surface area contributed by atoms with Crippen molar-refractivity contribution in [3.05, 3.63) is 65.6 Å². The normalized spacial score (nSPS) is 11.1. The van der Waals surface area contributed by atoms with Gasteiger partial charge in [0, 0.05) is 18.0 Å². The van der Waals surface area contributed by atoms with Crippen molar-refractivity contribution in [2.45, 2.75) is 26.7 Å². The van der Waals surface area contributed by atoms with E-state index >= 15 is 0 Å². The quantitative estimate of drug-likeness (QED) is 0.793. The number of imidazole rings is 1. The van der Waals surface area contributed by atoms with Gasteiger partial charge < -0.3 is 9.72 Å². The van der Waals surface area contributed by atoms with Crippen molar-refractivity contribution in [3.63, 3.8) is 0 Å². The number of aryl methyl sites for hydroxylation is 1. The molecule has 3 rings (SSSR count). The minimum absolute atomic E-state index is 0.105. The summed E-state index contributed by atoms with van der Waals surface area (Å²) in [4.78, 5) is 16.7. The van der Waals surface area contributed by atoms with E-state index in [4.69, 9.17) is 0 Å². The number of nitrogens with zero attached hydrogens (tertiary/aromatic N) is 2. The zero-order valence-corrected chi connectivity index (χ0v) is 13.0. The van der Waals surface area contributed by atoms with E-state index in [1.807, 2.05) is 60.1 Å². The molecule has 22 heavy (non-hydrogen) atoms. The summed E-state index contributed by atoms with van der Waals surface area (Å²) in [5.41, 5.74) is 4.46. The SMILES string of the molecule is Cc1cn2cc(NC(=O)c3ccc(C(C)C)cc3)ccc2n1. The van der Waals surface area contributed by atoms with Crippen molar-refractivity contribution < 1.29 is 4.79 Å². The van der Waals surface area contributed by atoms with Gasteiger partial charge in [0.05, 0.1) is 11.4 Å². The second-order valence-electron chi connectivity index (χ2n) is 5.80. The Hall–Kier alpha value is -2.62. The second kappa shape index (κ2) is 5.64. The molecule has 0 saturated carbocycles. The molecule has 1 N–H and O–H groups in total. The lowest BCUT2D eigenvalue weighted by Gasteiger charge is -2.08. The molecule has 0 spiro atoms. The van der Waals surface area contributed by atoms with Gasteiger partial charge in [-0.25, -0.2) is 4.98 Å². The first kappa shape index (κ1) is 14.3. The van der Waals surface area contributed by atoms with E-state index in [1.54, 1.807) is 0 Å². The molecule has 0 aliphatic heterocycles. The summed E-state index contributed by atoms with van der Waals surface area (Å²) in [5, 5.41) is 2.92. The topological polar surface area (TPSA) is 46.4 Å². The van der Waals surface area contributed by atoms with Crippen LogP contribution < -0.4 is 5.32 Å². The van der Waals surface area contributed by atoms with Gasteiger partial charge in [0.1, 0.15) is 5.65 Å². The van der Waals surface area contributed by atoms with Gasteiger partial charge in [0.15, 0.2) is 0 Å². The molecule has 2 heterocycles. The summed E-state index contributed by atoms with van der Waals surface area (Å²) < 4.78 is 1.91. The number of fused-ring (bicyclic) bond motifs is 1. The van der Waals surface area contributed by atoms with Crippen molar-refractivity contribution >= 4 is 17.2 Å². The first-order valence-electron chi connectivity index (χ1n) is 7.39. The Kier molecular flexibility index (Phi) is 3.67. The fraction of sp³-hybridized carbons (Fsp3) is 0.222. The number of benzene rings is 1. The average Bonchev–Trinajstić information content (AvgIpc) is 2.86. The van der Waals surface area contributed by atoms with Crippen LogP contribution in [0.4, 0.5) is 5.69 Å². The first-order chi connectivity index (χ1) is 10.5. The van der Waals surface area contributed by atoms with Gasteiger partial charge in [-0.3, -0.25) is 4.79 Å². The fourth-order valence-electron chi connectivity index (χ4n) is 2.42. The smallest absolute Gasteiger partial charge is 0.255 e. The van der Waals surface area contributed by atoms with E-state index in [-0.39, 0.29) is 5.91 Å². The number of rotatable bonds is 3. The maximum absolute atomic E-state index is 12.3. The maximum Gasteiger partial charge on any atom is 0.255 e. The Bertz CT molecular complexity index is 816. The molecule has 0 aliphatic carbocycles. The van der Waals surface area contributed by atoms with E-state index in [0.29, 0.717) is 11.5 Å². The Morgan fingerprint density at radius 1 is 1.09 bits per heavy atom. The summed E-state index contributed by atoms with van der Waals surface area (Å²) in [5.74, 6) is 0.357. The van der Waals surface area contributed by atoms with E-state index in [2.05, 4.69) is 24.1 Å². The van der Waals surface area contributed by atoms with Crippen LogP contribution in [0.25, 0.3) is 5.65 Å². The highest BCUT2D eigenvalue weighted by atomic mass is 16.1. The number of hydrogen-bond acceptors (Lipinski definition) is 2. The van der Waals surface area contributed by atoms with Crippen LogP contribution in [-0.2, 0) is 0 Å². The van der Waals surface area contributed by atoms with Crippen LogP contribution in [0.1, 0.15) is 41.4 Å². The number of carbonyl (C=O) groups is 1. The third kappa shape index (κ3) is 2.86. The molecule has 0 unspecified atom stereocenters. The van der Waals surface area contributed by atoms with Crippen molar-refractivity contribution in [2.24, 2.45) is 0 Å². The van der Waals surface area contributed by atoms with E-state index in [9.17, 15) is 4.79 Å². The van der Waals surface area contributed by atoms with Crippen molar-refractivity contribution in [2.75, 3.05) is 5.32 Å². The predicted octanol–water partition coefficient (Wildman–Crippen LogP) is 4.02. The van der Waals surface area contributed by atoms with E-state index < -0.39 is 0 Å². The molecule has 4 heteroatoms. The Balaban J connectivity index is 1.79. The molecule has 1 amide bonds. The molecule has 0 atom stereocenters. The third-order valence-corrected chi connectivity index (χ3v) is 3.67. The minimum atomic E-state index is -0.105. The highest BCUT2D eigenvalue weighted by Gasteiger charge is 2.08. The molecule has 2 aromatic heterocycles. The first-order valence-corrected chi connectivity index (χ1v) is 7.39. The van der Waals surface area contributed by atoms with Crippen LogP contribution >= 0.6 is 0 Å². The highest BCUT2D eigenvalue weighted by Crippen LogP contribution is 2.16. The largest absolute Gasteiger partial charge is 0.321 e. The van der Waals surface area contributed by atoms with E-state index in [1.165, 1.54) is 5.56 Å². The summed E-state index contributed by atoms with van der Waals surface area (Å²) in [7, 11) is 0. The van der Waals surface area contributed by atoms with Crippen LogP contribution in [0.2, 0.25) is 0 Å². The molecule has 0 saturated heterocycles. The van der Waals surface area contributed by atoms with Gasteiger partial charge in [-0.1, -0.05) is 26.0 Å². The lowest BCUT2D eigenvalue weighted by molar-refractivity contribution is 0.102.